The van der Waals surface area contributed by atoms with Crippen LogP contribution in [0.2, 0.25) is 0 Å². The fraction of sp³-hybridized carbons (Fsp3) is 0.400. The molecule has 0 bridgehead atoms. The number of anilines is 2. The molecule has 0 aromatic heterocycles. The minimum atomic E-state index is -3.40. The molecule has 17 heavy (non-hydrogen) atoms. The third kappa shape index (κ3) is 4.49. The zero-order valence-electron chi connectivity index (χ0n) is 9.51. The number of hydrogen-bond acceptors (Lipinski definition) is 5. The minimum absolute atomic E-state index is 0.0262. The molecule has 0 aliphatic heterocycles. The highest BCUT2D eigenvalue weighted by molar-refractivity contribution is 7.92. The van der Waals surface area contributed by atoms with Crippen LogP contribution >= 0.6 is 0 Å². The topological polar surface area (TPSA) is 102 Å². The van der Waals surface area contributed by atoms with Crippen LogP contribution in [-0.2, 0) is 14.8 Å². The van der Waals surface area contributed by atoms with Gasteiger partial charge in [-0.1, -0.05) is 0 Å². The molecule has 0 saturated carbocycles. The van der Waals surface area contributed by atoms with Crippen molar-refractivity contribution in [3.8, 4) is 5.75 Å². The maximum Gasteiger partial charge on any atom is 0.232 e. The second-order valence-electron chi connectivity index (χ2n) is 3.54. The summed E-state index contributed by atoms with van der Waals surface area (Å²) in [6.07, 6.45) is 0.416. The number of ether oxygens (including phenoxy) is 1. The highest BCUT2D eigenvalue weighted by Crippen LogP contribution is 2.23. The zero-order chi connectivity index (χ0) is 12.9. The van der Waals surface area contributed by atoms with E-state index in [0.29, 0.717) is 18.7 Å². The first-order valence-electron chi connectivity index (χ1n) is 5.02. The largest absolute Gasteiger partial charge is 0.506 e. The van der Waals surface area contributed by atoms with Crippen LogP contribution in [0.25, 0.3) is 0 Å². The lowest BCUT2D eigenvalue weighted by Crippen LogP contribution is -2.17. The Kier molecular flexibility index (Phi) is 4.59. The molecular weight excluding hydrogens is 244 g/mol. The molecule has 0 unspecified atom stereocenters. The highest BCUT2D eigenvalue weighted by Gasteiger charge is 2.10. The Labute approximate surface area is 100 Å². The molecule has 0 heterocycles. The van der Waals surface area contributed by atoms with Crippen molar-refractivity contribution in [2.45, 2.75) is 6.42 Å². The molecule has 1 rings (SSSR count). The molecule has 96 valence electrons. The zero-order valence-corrected chi connectivity index (χ0v) is 10.3. The van der Waals surface area contributed by atoms with E-state index in [1.54, 1.807) is 0 Å². The fourth-order valence-corrected chi connectivity index (χ4v) is 2.33. The first-order chi connectivity index (χ1) is 7.94. The van der Waals surface area contributed by atoms with E-state index in [9.17, 15) is 13.5 Å². The van der Waals surface area contributed by atoms with Crippen molar-refractivity contribution in [2.24, 2.45) is 0 Å². The maximum atomic E-state index is 11.6. The van der Waals surface area contributed by atoms with Crippen molar-refractivity contribution in [2.75, 3.05) is 29.9 Å². The maximum absolute atomic E-state index is 11.6. The van der Waals surface area contributed by atoms with E-state index >= 15 is 0 Å². The summed E-state index contributed by atoms with van der Waals surface area (Å²) in [5, 5.41) is 9.20. The monoisotopic (exact) mass is 260 g/mol. The first kappa shape index (κ1) is 13.6. The van der Waals surface area contributed by atoms with Crippen LogP contribution in [0.3, 0.4) is 0 Å². The van der Waals surface area contributed by atoms with E-state index < -0.39 is 10.0 Å². The van der Waals surface area contributed by atoms with Gasteiger partial charge in [0, 0.05) is 13.7 Å². The summed E-state index contributed by atoms with van der Waals surface area (Å²) in [5.41, 5.74) is 5.91. The molecule has 1 aromatic rings. The van der Waals surface area contributed by atoms with Crippen LogP contribution in [0, 0.1) is 0 Å². The van der Waals surface area contributed by atoms with E-state index in [1.807, 2.05) is 0 Å². The van der Waals surface area contributed by atoms with Crippen LogP contribution in [0.4, 0.5) is 11.4 Å². The van der Waals surface area contributed by atoms with Crippen molar-refractivity contribution in [3.05, 3.63) is 18.2 Å². The predicted octanol–water partition coefficient (Wildman–Crippen LogP) is 0.753. The molecule has 6 nitrogen and oxygen atoms in total. The number of hydrogen-bond donors (Lipinski definition) is 3. The summed E-state index contributed by atoms with van der Waals surface area (Å²) >= 11 is 0. The number of methoxy groups -OCH3 is 1. The summed E-state index contributed by atoms with van der Waals surface area (Å²) in [7, 11) is -1.89. The normalized spacial score (nSPS) is 11.4. The van der Waals surface area contributed by atoms with Gasteiger partial charge in [-0.15, -0.1) is 0 Å². The Morgan fingerprint density at radius 3 is 2.76 bits per heavy atom. The van der Waals surface area contributed by atoms with Crippen molar-refractivity contribution >= 4 is 21.4 Å². The predicted molar refractivity (Wildman–Crippen MR) is 66.4 cm³/mol. The van der Waals surface area contributed by atoms with Gasteiger partial charge >= 0.3 is 0 Å². The van der Waals surface area contributed by atoms with Crippen LogP contribution in [-0.4, -0.2) is 33.0 Å². The molecule has 0 amide bonds. The quantitative estimate of drug-likeness (QED) is 0.303. The van der Waals surface area contributed by atoms with E-state index in [0.717, 1.165) is 0 Å². The van der Waals surface area contributed by atoms with Gasteiger partial charge < -0.3 is 15.6 Å². The number of benzene rings is 1. The molecule has 0 aliphatic rings. The summed E-state index contributed by atoms with van der Waals surface area (Å²) in [6.45, 7) is 0.388. The van der Waals surface area contributed by atoms with Crippen LogP contribution in [0.5, 0.6) is 5.75 Å². The summed E-state index contributed by atoms with van der Waals surface area (Å²) in [5.74, 6) is -0.103. The number of rotatable bonds is 6. The lowest BCUT2D eigenvalue weighted by Gasteiger charge is -2.08. The Bertz CT molecular complexity index is 473. The number of nitrogens with two attached hydrogens (primary N) is 1. The molecule has 0 radical (unpaired) electrons. The van der Waals surface area contributed by atoms with E-state index in [2.05, 4.69) is 4.72 Å². The van der Waals surface area contributed by atoms with Gasteiger partial charge in [0.05, 0.1) is 17.1 Å². The number of sulfonamides is 1. The summed E-state index contributed by atoms with van der Waals surface area (Å²) < 4.78 is 30.3. The number of nitrogen functional groups attached to an aromatic ring is 1. The molecule has 7 heteroatoms. The van der Waals surface area contributed by atoms with Crippen molar-refractivity contribution in [1.29, 1.82) is 0 Å². The Hall–Kier alpha value is -1.47. The van der Waals surface area contributed by atoms with Gasteiger partial charge in [0.25, 0.3) is 0 Å². The van der Waals surface area contributed by atoms with Gasteiger partial charge in [-0.2, -0.15) is 0 Å². The van der Waals surface area contributed by atoms with E-state index in [1.165, 1.54) is 25.3 Å². The van der Waals surface area contributed by atoms with Gasteiger partial charge in [-0.05, 0) is 24.6 Å². The van der Waals surface area contributed by atoms with Gasteiger partial charge in [0.1, 0.15) is 5.75 Å². The average Bonchev–Trinajstić information content (AvgIpc) is 2.23. The lowest BCUT2D eigenvalue weighted by atomic mass is 10.3. The van der Waals surface area contributed by atoms with Crippen LogP contribution < -0.4 is 10.5 Å². The van der Waals surface area contributed by atoms with E-state index in [4.69, 9.17) is 10.5 Å². The molecule has 0 atom stereocenters. The molecule has 0 saturated heterocycles. The Morgan fingerprint density at radius 2 is 2.18 bits per heavy atom. The fourth-order valence-electron chi connectivity index (χ4n) is 1.24. The molecule has 0 spiro atoms. The van der Waals surface area contributed by atoms with Crippen LogP contribution in [0.1, 0.15) is 6.42 Å². The average molecular weight is 260 g/mol. The third-order valence-electron chi connectivity index (χ3n) is 2.06. The number of phenols is 1. The van der Waals surface area contributed by atoms with Crippen molar-refractivity contribution < 1.29 is 18.3 Å². The Balaban J connectivity index is 2.66. The van der Waals surface area contributed by atoms with Gasteiger partial charge in [-0.25, -0.2) is 8.42 Å². The SMILES string of the molecule is COCCCS(=O)(=O)Nc1ccc(O)c(N)c1. The highest BCUT2D eigenvalue weighted by atomic mass is 32.2. The summed E-state index contributed by atoms with van der Waals surface area (Å²) in [4.78, 5) is 0. The number of aromatic hydroxyl groups is 1. The molecule has 0 fully saturated rings. The number of nitrogens with one attached hydrogen (secondary N) is 1. The first-order valence-corrected chi connectivity index (χ1v) is 6.68. The lowest BCUT2D eigenvalue weighted by molar-refractivity contribution is 0.199. The standard InChI is InChI=1S/C10H16N2O4S/c1-16-5-2-6-17(14,15)12-8-3-4-10(13)9(11)7-8/h3-4,7,12-13H,2,5-6,11H2,1H3. The van der Waals surface area contributed by atoms with Gasteiger partial charge in [-0.3, -0.25) is 4.72 Å². The van der Waals surface area contributed by atoms with Crippen molar-refractivity contribution in [3.63, 3.8) is 0 Å². The van der Waals surface area contributed by atoms with E-state index in [-0.39, 0.29) is 17.2 Å². The second-order valence-corrected chi connectivity index (χ2v) is 5.38. The van der Waals surface area contributed by atoms with Gasteiger partial charge in [0.15, 0.2) is 0 Å². The van der Waals surface area contributed by atoms with Crippen molar-refractivity contribution in [1.82, 2.24) is 0 Å². The second kappa shape index (κ2) is 5.74. The smallest absolute Gasteiger partial charge is 0.232 e. The summed E-state index contributed by atoms with van der Waals surface area (Å²) in [6, 6.07) is 4.14. The molecule has 0 aliphatic carbocycles. The molecule has 4 N–H and O–H groups in total. The minimum Gasteiger partial charge on any atom is -0.506 e. The molecular formula is C10H16N2O4S. The Morgan fingerprint density at radius 1 is 1.47 bits per heavy atom. The number of phenolic OH excluding ortho intramolecular Hbond substituents is 1. The third-order valence-corrected chi connectivity index (χ3v) is 3.44. The van der Waals surface area contributed by atoms with Crippen LogP contribution in [0.15, 0.2) is 18.2 Å². The molecule has 1 aromatic carbocycles. The van der Waals surface area contributed by atoms with Gasteiger partial charge in [0.2, 0.25) is 10.0 Å².